The summed E-state index contributed by atoms with van der Waals surface area (Å²) in [5.41, 5.74) is -3.61. The van der Waals surface area contributed by atoms with Gasteiger partial charge in [-0.05, 0) is 66.7 Å². The molecule has 2 aliphatic carbocycles. The van der Waals surface area contributed by atoms with E-state index in [1.807, 2.05) is 0 Å². The lowest BCUT2D eigenvalue weighted by Crippen LogP contribution is -2.48. The number of fused-ring (bicyclic) bond motifs is 3. The van der Waals surface area contributed by atoms with Crippen LogP contribution in [0.2, 0.25) is 0 Å². The summed E-state index contributed by atoms with van der Waals surface area (Å²) in [5, 5.41) is 0. The van der Waals surface area contributed by atoms with Crippen LogP contribution >= 0.6 is 0 Å². The molecule has 1 heterocycles. The molecule has 1 aromatic rings. The smallest absolute Gasteiger partial charge is 0.376 e. The van der Waals surface area contributed by atoms with Crippen molar-refractivity contribution in [3.63, 3.8) is 0 Å². The Labute approximate surface area is 168 Å². The molecule has 29 heavy (non-hydrogen) atoms. The van der Waals surface area contributed by atoms with E-state index in [-0.39, 0.29) is 11.2 Å². The topological polar surface area (TPSA) is 61.8 Å². The minimum Gasteiger partial charge on any atom is -0.376 e. The summed E-state index contributed by atoms with van der Waals surface area (Å²) in [4.78, 5) is 0. The zero-order valence-electron chi connectivity index (χ0n) is 16.3. The third kappa shape index (κ3) is 3.55. The van der Waals surface area contributed by atoms with Crippen molar-refractivity contribution < 1.29 is 35.2 Å². The summed E-state index contributed by atoms with van der Waals surface area (Å²) in [5.74, 6) is -0.454. The van der Waals surface area contributed by atoms with Gasteiger partial charge in [0.15, 0.2) is 5.79 Å². The Hall–Kier alpha value is -1.32. The van der Waals surface area contributed by atoms with E-state index in [2.05, 4.69) is 11.1 Å². The van der Waals surface area contributed by atoms with Crippen LogP contribution in [0.25, 0.3) is 0 Å². The second kappa shape index (κ2) is 7.13. The van der Waals surface area contributed by atoms with E-state index in [1.54, 1.807) is 6.07 Å². The van der Waals surface area contributed by atoms with Crippen molar-refractivity contribution in [2.45, 2.75) is 68.6 Å². The predicted molar refractivity (Wildman–Crippen MR) is 98.9 cm³/mol. The number of aryl methyl sites for hydroxylation is 1. The molecule has 2 atom stereocenters. The molecule has 0 amide bonds. The largest absolute Gasteiger partial charge is 0.534 e. The lowest BCUT2D eigenvalue weighted by Gasteiger charge is -2.49. The number of benzene rings is 1. The molecular weight excluding hydrogens is 409 g/mol. The third-order valence-electron chi connectivity index (χ3n) is 6.84. The number of alkyl halides is 3. The van der Waals surface area contributed by atoms with E-state index in [1.165, 1.54) is 12.1 Å². The first-order chi connectivity index (χ1) is 13.6. The van der Waals surface area contributed by atoms with E-state index in [4.69, 9.17) is 9.47 Å². The molecule has 0 N–H and O–H groups in total. The van der Waals surface area contributed by atoms with Crippen molar-refractivity contribution in [3.05, 3.63) is 29.3 Å². The van der Waals surface area contributed by atoms with Crippen LogP contribution in [0.1, 0.15) is 56.6 Å². The van der Waals surface area contributed by atoms with Gasteiger partial charge >= 0.3 is 15.6 Å². The van der Waals surface area contributed by atoms with Gasteiger partial charge < -0.3 is 13.7 Å². The maximum atomic E-state index is 12.7. The first-order valence-corrected chi connectivity index (χ1v) is 11.4. The van der Waals surface area contributed by atoms with Gasteiger partial charge in [-0.15, -0.1) is 0 Å². The van der Waals surface area contributed by atoms with Crippen LogP contribution in [0.15, 0.2) is 18.2 Å². The molecule has 5 nitrogen and oxygen atoms in total. The molecule has 4 rings (SSSR count). The van der Waals surface area contributed by atoms with Crippen LogP contribution in [0.3, 0.4) is 0 Å². The molecule has 1 aromatic carbocycles. The third-order valence-corrected chi connectivity index (χ3v) is 7.82. The van der Waals surface area contributed by atoms with Gasteiger partial charge in [0.05, 0.1) is 13.2 Å². The molecule has 9 heteroatoms. The Morgan fingerprint density at radius 3 is 2.59 bits per heavy atom. The average Bonchev–Trinajstić information content (AvgIpc) is 3.03. The second-order valence-corrected chi connectivity index (χ2v) is 9.75. The normalized spacial score (nSPS) is 29.2. The summed E-state index contributed by atoms with van der Waals surface area (Å²) in [6.45, 7) is 3.35. The number of ether oxygens (including phenoxy) is 2. The average molecular weight is 434 g/mol. The van der Waals surface area contributed by atoms with Crippen molar-refractivity contribution in [3.8, 4) is 5.75 Å². The van der Waals surface area contributed by atoms with Gasteiger partial charge in [-0.1, -0.05) is 13.0 Å². The lowest BCUT2D eigenvalue weighted by molar-refractivity contribution is -0.199. The summed E-state index contributed by atoms with van der Waals surface area (Å²) in [6.07, 6.45) is 5.84. The van der Waals surface area contributed by atoms with Crippen molar-refractivity contribution >= 4 is 10.1 Å². The fraction of sp³-hybridized carbons (Fsp3) is 0.700. The molecule has 162 valence electrons. The first-order valence-electron chi connectivity index (χ1n) is 10.0. The highest BCUT2D eigenvalue weighted by Crippen LogP contribution is 2.55. The predicted octanol–water partition coefficient (Wildman–Crippen LogP) is 4.44. The highest BCUT2D eigenvalue weighted by atomic mass is 32.2. The Kier molecular flexibility index (Phi) is 5.15. The molecular formula is C20H25F3O5S. The van der Waals surface area contributed by atoms with Crippen LogP contribution in [-0.4, -0.2) is 32.9 Å². The van der Waals surface area contributed by atoms with E-state index in [0.29, 0.717) is 25.6 Å². The van der Waals surface area contributed by atoms with Crippen molar-refractivity contribution in [2.75, 3.05) is 13.2 Å². The van der Waals surface area contributed by atoms with Gasteiger partial charge in [-0.3, -0.25) is 0 Å². The zero-order valence-corrected chi connectivity index (χ0v) is 17.1. The van der Waals surface area contributed by atoms with E-state index >= 15 is 0 Å². The highest BCUT2D eigenvalue weighted by molar-refractivity contribution is 7.88. The number of rotatable bonds is 3. The summed E-state index contributed by atoms with van der Waals surface area (Å²) in [7, 11) is -5.68. The Balaban J connectivity index is 1.67. The second-order valence-electron chi connectivity index (χ2n) is 8.21. The van der Waals surface area contributed by atoms with Crippen molar-refractivity contribution in [1.82, 2.24) is 0 Å². The first kappa shape index (κ1) is 20.9. The molecule has 3 aliphatic rings. The van der Waals surface area contributed by atoms with E-state index in [9.17, 15) is 21.6 Å². The minimum absolute atomic E-state index is 0.117. The quantitative estimate of drug-likeness (QED) is 0.520. The monoisotopic (exact) mass is 434 g/mol. The van der Waals surface area contributed by atoms with Crippen molar-refractivity contribution in [1.29, 1.82) is 0 Å². The zero-order chi connectivity index (χ0) is 20.9. The molecule has 0 aromatic heterocycles. The van der Waals surface area contributed by atoms with Gasteiger partial charge in [-0.25, -0.2) is 0 Å². The number of hydrogen-bond donors (Lipinski definition) is 0. The summed E-state index contributed by atoms with van der Waals surface area (Å²) < 4.78 is 77.0. The maximum absolute atomic E-state index is 12.7. The number of hydrogen-bond acceptors (Lipinski definition) is 5. The lowest BCUT2D eigenvalue weighted by atomic mass is 9.59. The Bertz CT molecular complexity index is 877. The van der Waals surface area contributed by atoms with E-state index in [0.717, 1.165) is 49.7 Å². The molecule has 1 spiro atoms. The SMILES string of the molecule is CC[C@]12CCC3(C[C@H]1CCCc1cc(OS(=O)(=O)C(F)(F)F)ccc12)OCCO3. The molecule has 0 unspecified atom stereocenters. The maximum Gasteiger partial charge on any atom is 0.534 e. The van der Waals surface area contributed by atoms with Crippen LogP contribution < -0.4 is 4.18 Å². The molecule has 0 bridgehead atoms. The van der Waals surface area contributed by atoms with Gasteiger partial charge in [0, 0.05) is 12.8 Å². The Morgan fingerprint density at radius 2 is 1.93 bits per heavy atom. The summed E-state index contributed by atoms with van der Waals surface area (Å²) in [6, 6.07) is 4.56. The van der Waals surface area contributed by atoms with Gasteiger partial charge in [-0.2, -0.15) is 21.6 Å². The molecule has 1 saturated heterocycles. The standard InChI is InChI=1S/C20H25F3O5S/c1-2-18-8-9-19(26-10-11-27-19)13-15(18)5-3-4-14-12-16(6-7-17(14)18)28-29(24,25)20(21,22)23/h6-7,12,15H,2-5,8-11,13H2,1H3/t15-,18+/m1/s1. The van der Waals surface area contributed by atoms with E-state index < -0.39 is 21.4 Å². The highest BCUT2D eigenvalue weighted by Gasteiger charge is 2.53. The van der Waals surface area contributed by atoms with Crippen molar-refractivity contribution in [2.24, 2.45) is 5.92 Å². The van der Waals surface area contributed by atoms with Gasteiger partial charge in [0.2, 0.25) is 0 Å². The molecule has 1 aliphatic heterocycles. The fourth-order valence-electron chi connectivity index (χ4n) is 5.47. The van der Waals surface area contributed by atoms with Gasteiger partial charge in [0.25, 0.3) is 0 Å². The van der Waals surface area contributed by atoms with Gasteiger partial charge in [0.1, 0.15) is 5.75 Å². The molecule has 0 radical (unpaired) electrons. The van der Waals surface area contributed by atoms with Crippen LogP contribution in [-0.2, 0) is 31.4 Å². The van der Waals surface area contributed by atoms with Crippen LogP contribution in [0.4, 0.5) is 13.2 Å². The minimum atomic E-state index is -5.68. The molecule has 2 fully saturated rings. The summed E-state index contributed by atoms with van der Waals surface area (Å²) >= 11 is 0. The Morgan fingerprint density at radius 1 is 1.21 bits per heavy atom. The van der Waals surface area contributed by atoms with Crippen LogP contribution in [0, 0.1) is 5.92 Å². The van der Waals surface area contributed by atoms with Crippen LogP contribution in [0.5, 0.6) is 5.75 Å². The fourth-order valence-corrected chi connectivity index (χ4v) is 5.92. The molecule has 1 saturated carbocycles. The number of halogens is 3.